The van der Waals surface area contributed by atoms with Crippen molar-refractivity contribution in [3.63, 3.8) is 0 Å². The molecule has 0 unspecified atom stereocenters. The van der Waals surface area contributed by atoms with Crippen LogP contribution in [0, 0.1) is 0 Å². The summed E-state index contributed by atoms with van der Waals surface area (Å²) in [5.41, 5.74) is 2.30. The number of nitrogens with zero attached hydrogens (tertiary/aromatic N) is 1. The molecule has 0 aliphatic carbocycles. The molecule has 3 nitrogen and oxygen atoms in total. The van der Waals surface area contributed by atoms with Gasteiger partial charge in [0.1, 0.15) is 0 Å². The SMILES string of the molecule is CC(=O)NN=Cc1ccc(Cl)s1. The third-order valence-corrected chi connectivity index (χ3v) is 2.17. The lowest BCUT2D eigenvalue weighted by molar-refractivity contribution is -0.118. The van der Waals surface area contributed by atoms with Crippen LogP contribution in [0.5, 0.6) is 0 Å². The second-order valence-electron chi connectivity index (χ2n) is 2.07. The van der Waals surface area contributed by atoms with Crippen molar-refractivity contribution in [1.82, 2.24) is 5.43 Å². The van der Waals surface area contributed by atoms with Gasteiger partial charge in [-0.2, -0.15) is 5.10 Å². The Balaban J connectivity index is 2.52. The zero-order valence-electron chi connectivity index (χ0n) is 6.37. The molecular weight excluding hydrogens is 196 g/mol. The number of carbonyl (C=O) groups is 1. The Hall–Kier alpha value is -0.870. The fraction of sp³-hybridized carbons (Fsp3) is 0.143. The molecule has 0 aliphatic rings. The fourth-order valence-electron chi connectivity index (χ4n) is 0.584. The number of nitrogens with one attached hydrogen (secondary N) is 1. The van der Waals surface area contributed by atoms with Crippen molar-refractivity contribution in [1.29, 1.82) is 0 Å². The van der Waals surface area contributed by atoms with Gasteiger partial charge in [0.2, 0.25) is 5.91 Å². The first-order chi connectivity index (χ1) is 5.68. The number of rotatable bonds is 2. The Morgan fingerprint density at radius 3 is 3.00 bits per heavy atom. The summed E-state index contributed by atoms with van der Waals surface area (Å²) < 4.78 is 0.708. The van der Waals surface area contributed by atoms with Gasteiger partial charge in [0.15, 0.2) is 0 Å². The summed E-state index contributed by atoms with van der Waals surface area (Å²) in [6.45, 7) is 1.40. The Labute approximate surface area is 79.0 Å². The zero-order chi connectivity index (χ0) is 8.97. The minimum absolute atomic E-state index is 0.186. The molecule has 0 bridgehead atoms. The third-order valence-electron chi connectivity index (χ3n) is 1.01. The molecular formula is C7H7ClN2OS. The van der Waals surface area contributed by atoms with Gasteiger partial charge in [-0.1, -0.05) is 11.6 Å². The van der Waals surface area contributed by atoms with Gasteiger partial charge in [0, 0.05) is 11.8 Å². The molecule has 12 heavy (non-hydrogen) atoms. The number of hydrogen-bond donors (Lipinski definition) is 1. The highest BCUT2D eigenvalue weighted by Crippen LogP contribution is 2.19. The van der Waals surface area contributed by atoms with Gasteiger partial charge >= 0.3 is 0 Å². The first-order valence-electron chi connectivity index (χ1n) is 3.23. The Morgan fingerprint density at radius 1 is 1.75 bits per heavy atom. The molecule has 0 saturated carbocycles. The van der Waals surface area contributed by atoms with Crippen molar-refractivity contribution in [2.24, 2.45) is 5.10 Å². The molecule has 1 amide bonds. The van der Waals surface area contributed by atoms with Crippen LogP contribution in [0.1, 0.15) is 11.8 Å². The number of hydrogen-bond acceptors (Lipinski definition) is 3. The number of halogens is 1. The van der Waals surface area contributed by atoms with Crippen LogP contribution in [0.15, 0.2) is 17.2 Å². The van der Waals surface area contributed by atoms with E-state index in [1.807, 2.05) is 6.07 Å². The van der Waals surface area contributed by atoms with Crippen molar-refractivity contribution in [3.05, 3.63) is 21.3 Å². The third kappa shape index (κ3) is 3.02. The van der Waals surface area contributed by atoms with Gasteiger partial charge in [-0.25, -0.2) is 5.43 Å². The molecule has 0 aromatic carbocycles. The second-order valence-corrected chi connectivity index (χ2v) is 3.81. The van der Waals surface area contributed by atoms with Crippen molar-refractivity contribution >= 4 is 35.1 Å². The summed E-state index contributed by atoms with van der Waals surface area (Å²) in [5, 5.41) is 3.68. The van der Waals surface area contributed by atoms with Crippen LogP contribution in [0.4, 0.5) is 0 Å². The average molecular weight is 203 g/mol. The van der Waals surface area contributed by atoms with Crippen molar-refractivity contribution in [2.45, 2.75) is 6.92 Å². The molecule has 1 heterocycles. The number of carbonyl (C=O) groups excluding carboxylic acids is 1. The topological polar surface area (TPSA) is 41.5 Å². The maximum absolute atomic E-state index is 10.4. The highest BCUT2D eigenvalue weighted by Gasteiger charge is 1.92. The predicted octanol–water partition coefficient (Wildman–Crippen LogP) is 1.87. The van der Waals surface area contributed by atoms with E-state index in [0.717, 1.165) is 4.88 Å². The van der Waals surface area contributed by atoms with Crippen LogP contribution in [-0.2, 0) is 4.79 Å². The van der Waals surface area contributed by atoms with Crippen LogP contribution in [0.2, 0.25) is 4.34 Å². The normalized spacial score (nSPS) is 10.5. The second kappa shape index (κ2) is 4.23. The Bertz CT molecular complexity index is 308. The van der Waals surface area contributed by atoms with Crippen LogP contribution < -0.4 is 5.43 Å². The van der Waals surface area contributed by atoms with Gasteiger partial charge < -0.3 is 0 Å². The van der Waals surface area contributed by atoms with E-state index in [-0.39, 0.29) is 5.91 Å². The van der Waals surface area contributed by atoms with Gasteiger partial charge in [0.05, 0.1) is 10.6 Å². The van der Waals surface area contributed by atoms with E-state index in [4.69, 9.17) is 11.6 Å². The van der Waals surface area contributed by atoms with Crippen LogP contribution >= 0.6 is 22.9 Å². The van der Waals surface area contributed by atoms with Crippen molar-refractivity contribution < 1.29 is 4.79 Å². The molecule has 64 valence electrons. The Morgan fingerprint density at radius 2 is 2.50 bits per heavy atom. The van der Waals surface area contributed by atoms with E-state index < -0.39 is 0 Å². The average Bonchev–Trinajstić information content (AvgIpc) is 2.35. The van der Waals surface area contributed by atoms with Crippen molar-refractivity contribution in [3.8, 4) is 0 Å². The van der Waals surface area contributed by atoms with Crippen LogP contribution in [0.3, 0.4) is 0 Å². The van der Waals surface area contributed by atoms with E-state index in [1.165, 1.54) is 18.3 Å². The van der Waals surface area contributed by atoms with Gasteiger partial charge in [-0.05, 0) is 12.1 Å². The standard InChI is InChI=1S/C7H7ClN2OS/c1-5(11)10-9-4-6-2-3-7(8)12-6/h2-4H,1H3,(H,10,11). The van der Waals surface area contributed by atoms with Crippen LogP contribution in [-0.4, -0.2) is 12.1 Å². The number of hydrazone groups is 1. The maximum Gasteiger partial charge on any atom is 0.236 e. The van der Waals surface area contributed by atoms with Gasteiger partial charge in [-0.15, -0.1) is 11.3 Å². The molecule has 0 saturated heterocycles. The van der Waals surface area contributed by atoms with E-state index >= 15 is 0 Å². The van der Waals surface area contributed by atoms with E-state index in [1.54, 1.807) is 12.3 Å². The van der Waals surface area contributed by atoms with Gasteiger partial charge in [0.25, 0.3) is 0 Å². The molecule has 0 atom stereocenters. The summed E-state index contributed by atoms with van der Waals surface area (Å²) in [4.78, 5) is 11.3. The molecule has 0 aliphatic heterocycles. The fourth-order valence-corrected chi connectivity index (χ4v) is 1.52. The number of thiophene rings is 1. The number of amides is 1. The van der Waals surface area contributed by atoms with Gasteiger partial charge in [-0.3, -0.25) is 4.79 Å². The molecule has 1 N–H and O–H groups in total. The van der Waals surface area contributed by atoms with E-state index in [9.17, 15) is 4.79 Å². The largest absolute Gasteiger partial charge is 0.274 e. The lowest BCUT2D eigenvalue weighted by Gasteiger charge is -1.88. The molecule has 1 rings (SSSR count). The maximum atomic E-state index is 10.4. The quantitative estimate of drug-likeness (QED) is 0.578. The summed E-state index contributed by atoms with van der Waals surface area (Å²) in [5.74, 6) is -0.186. The lowest BCUT2D eigenvalue weighted by atomic mass is 10.5. The predicted molar refractivity (Wildman–Crippen MR) is 50.7 cm³/mol. The molecule has 1 aromatic heterocycles. The first-order valence-corrected chi connectivity index (χ1v) is 4.43. The lowest BCUT2D eigenvalue weighted by Crippen LogP contribution is -2.11. The summed E-state index contributed by atoms with van der Waals surface area (Å²) >= 11 is 7.08. The highest BCUT2D eigenvalue weighted by molar-refractivity contribution is 7.17. The van der Waals surface area contributed by atoms with E-state index in [2.05, 4.69) is 10.5 Å². The highest BCUT2D eigenvalue weighted by atomic mass is 35.5. The smallest absolute Gasteiger partial charge is 0.236 e. The summed E-state index contributed by atoms with van der Waals surface area (Å²) in [6.07, 6.45) is 1.55. The zero-order valence-corrected chi connectivity index (χ0v) is 7.95. The Kier molecular flexibility index (Phi) is 3.25. The van der Waals surface area contributed by atoms with E-state index in [0.29, 0.717) is 4.34 Å². The molecule has 0 spiro atoms. The first kappa shape index (κ1) is 9.22. The van der Waals surface area contributed by atoms with Crippen LogP contribution in [0.25, 0.3) is 0 Å². The minimum atomic E-state index is -0.186. The minimum Gasteiger partial charge on any atom is -0.274 e. The molecule has 0 fully saturated rings. The molecule has 5 heteroatoms. The molecule has 1 aromatic rings. The molecule has 0 radical (unpaired) electrons. The summed E-state index contributed by atoms with van der Waals surface area (Å²) in [6, 6.07) is 3.61. The monoisotopic (exact) mass is 202 g/mol. The van der Waals surface area contributed by atoms with Crippen molar-refractivity contribution in [2.75, 3.05) is 0 Å². The summed E-state index contributed by atoms with van der Waals surface area (Å²) in [7, 11) is 0.